The Morgan fingerprint density at radius 1 is 0.816 bits per heavy atom. The lowest BCUT2D eigenvalue weighted by atomic mass is 9.90. The fraction of sp³-hybridized carbons (Fsp3) is 0.387. The van der Waals surface area contributed by atoms with Gasteiger partial charge in [0.2, 0.25) is 0 Å². The predicted molar refractivity (Wildman–Crippen MR) is 160 cm³/mol. The van der Waals surface area contributed by atoms with Crippen LogP contribution in [-0.2, 0) is 13.6 Å². The monoisotopic (exact) mass is 539 g/mol. The van der Waals surface area contributed by atoms with Crippen molar-refractivity contribution < 1.29 is 23.1 Å². The third-order valence-corrected chi connectivity index (χ3v) is 6.93. The van der Waals surface area contributed by atoms with Crippen molar-refractivity contribution in [1.82, 2.24) is 0 Å². The van der Waals surface area contributed by atoms with Gasteiger partial charge in [-0.25, -0.2) is 9.14 Å². The van der Waals surface area contributed by atoms with Crippen molar-refractivity contribution in [1.29, 1.82) is 0 Å². The third-order valence-electron chi connectivity index (χ3n) is 5.91. The zero-order chi connectivity index (χ0) is 28.0. The first-order valence-electron chi connectivity index (χ1n) is 13.3. The molecule has 1 aliphatic rings. The van der Waals surface area contributed by atoms with E-state index < -0.39 is 7.82 Å². The Morgan fingerprint density at radius 2 is 1.32 bits per heavy atom. The van der Waals surface area contributed by atoms with Gasteiger partial charge in [-0.2, -0.15) is 0 Å². The molecule has 206 valence electrons. The minimum atomic E-state index is -3.75. The average molecular weight is 540 g/mol. The smallest absolute Gasteiger partial charge is 0.378 e. The number of phosphoric ester groups is 1. The molecule has 1 N–H and O–H groups in total. The van der Waals surface area contributed by atoms with E-state index in [1.807, 2.05) is 13.8 Å². The molecule has 6 nitrogen and oxygen atoms in total. The van der Waals surface area contributed by atoms with Crippen molar-refractivity contribution in [2.24, 2.45) is 0 Å². The van der Waals surface area contributed by atoms with Crippen LogP contribution in [0.4, 0.5) is 5.69 Å². The van der Waals surface area contributed by atoms with E-state index in [1.165, 1.54) is 33.7 Å². The van der Waals surface area contributed by atoms with E-state index in [-0.39, 0.29) is 13.2 Å². The summed E-state index contributed by atoms with van der Waals surface area (Å²) >= 11 is 0. The van der Waals surface area contributed by atoms with E-state index in [9.17, 15) is 4.57 Å². The standard InChI is InChI=1S/C23H25N2.C8H19O4P/c1-24(2)21-14-10-19(11-15-21)23(18-8-6-5-7-9-18)20-12-16-22(17-13-20)25(3)4;1-3-5-7-11-13(9,10)12-8-6-4-2/h5-17H,1-4H3;3-8H2,1-2H3,(H,9,10)/q+1;. The van der Waals surface area contributed by atoms with Crippen LogP contribution in [0, 0.1) is 0 Å². The highest BCUT2D eigenvalue weighted by Crippen LogP contribution is 2.43. The van der Waals surface area contributed by atoms with Crippen LogP contribution >= 0.6 is 7.82 Å². The second-order valence-electron chi connectivity index (χ2n) is 9.47. The molecular formula is C31H44N2O4P+. The first-order chi connectivity index (χ1) is 18.2. The number of hydrogen-bond donors (Lipinski definition) is 1. The zero-order valence-electron chi connectivity index (χ0n) is 23.8. The van der Waals surface area contributed by atoms with Gasteiger partial charge >= 0.3 is 7.82 Å². The third kappa shape index (κ3) is 10.5. The fourth-order valence-electron chi connectivity index (χ4n) is 3.64. The summed E-state index contributed by atoms with van der Waals surface area (Å²) < 4.78 is 22.6. The summed E-state index contributed by atoms with van der Waals surface area (Å²) in [5.41, 5.74) is 7.37. The molecule has 0 atom stereocenters. The molecule has 0 amide bonds. The molecule has 0 unspecified atom stereocenters. The number of rotatable bonds is 11. The molecule has 0 saturated heterocycles. The number of benzene rings is 2. The molecule has 0 radical (unpaired) electrons. The number of anilines is 1. The van der Waals surface area contributed by atoms with Crippen LogP contribution in [0.1, 0.15) is 50.7 Å². The Bertz CT molecular complexity index is 1130. The van der Waals surface area contributed by atoms with E-state index in [0.717, 1.165) is 25.7 Å². The molecule has 0 spiro atoms. The van der Waals surface area contributed by atoms with Crippen LogP contribution in [0.25, 0.3) is 5.57 Å². The van der Waals surface area contributed by atoms with Crippen LogP contribution in [0.5, 0.6) is 0 Å². The molecule has 2 aromatic carbocycles. The Labute approximate surface area is 229 Å². The number of unbranched alkanes of at least 4 members (excludes halogenated alkanes) is 2. The average Bonchev–Trinajstić information content (AvgIpc) is 2.91. The van der Waals surface area contributed by atoms with E-state index in [1.54, 1.807) is 0 Å². The lowest BCUT2D eigenvalue weighted by Crippen LogP contribution is -2.10. The van der Waals surface area contributed by atoms with Gasteiger partial charge in [-0.3, -0.25) is 9.05 Å². The maximum atomic E-state index is 11.1. The molecule has 0 fully saturated rings. The van der Waals surface area contributed by atoms with Gasteiger partial charge in [-0.15, -0.1) is 0 Å². The van der Waals surface area contributed by atoms with Crippen LogP contribution in [-0.4, -0.2) is 56.6 Å². The van der Waals surface area contributed by atoms with Crippen LogP contribution < -0.4 is 4.90 Å². The van der Waals surface area contributed by atoms with Crippen LogP contribution in [0.3, 0.4) is 0 Å². The van der Waals surface area contributed by atoms with Gasteiger partial charge in [-0.05, 0) is 59.4 Å². The molecule has 0 heterocycles. The van der Waals surface area contributed by atoms with E-state index >= 15 is 0 Å². The molecule has 2 aromatic rings. The molecule has 0 aromatic heterocycles. The Kier molecular flexibility index (Phi) is 13.5. The summed E-state index contributed by atoms with van der Waals surface area (Å²) in [6.45, 7) is 4.56. The summed E-state index contributed by atoms with van der Waals surface area (Å²) in [5.74, 6) is 0. The van der Waals surface area contributed by atoms with Crippen molar-refractivity contribution in [3.8, 4) is 0 Å². The fourth-order valence-corrected chi connectivity index (χ4v) is 4.44. The Hall–Kier alpha value is -2.76. The van der Waals surface area contributed by atoms with Crippen molar-refractivity contribution in [2.45, 2.75) is 39.5 Å². The Morgan fingerprint density at radius 3 is 1.76 bits per heavy atom. The second-order valence-corrected chi connectivity index (χ2v) is 10.9. The van der Waals surface area contributed by atoms with Crippen molar-refractivity contribution >= 4 is 24.8 Å². The highest BCUT2D eigenvalue weighted by molar-refractivity contribution is 7.47. The molecule has 38 heavy (non-hydrogen) atoms. The topological polar surface area (TPSA) is 62.0 Å². The van der Waals surface area contributed by atoms with Gasteiger partial charge in [0.05, 0.1) is 13.2 Å². The van der Waals surface area contributed by atoms with E-state index in [4.69, 9.17) is 13.9 Å². The summed E-state index contributed by atoms with van der Waals surface area (Å²) in [7, 11) is 4.51. The zero-order valence-corrected chi connectivity index (χ0v) is 24.7. The lowest BCUT2D eigenvalue weighted by molar-refractivity contribution is -0.462. The van der Waals surface area contributed by atoms with E-state index in [0.29, 0.717) is 0 Å². The minimum Gasteiger partial charge on any atom is -0.378 e. The number of phosphoric acid groups is 1. The van der Waals surface area contributed by atoms with Gasteiger partial charge < -0.3 is 9.79 Å². The SMILES string of the molecule is CCCCOP(=O)(O)OCCCC.CN(C)c1ccc(C(=C2C=CC(=[N+](C)C)C=C2)c2ccccc2)cc1. The highest BCUT2D eigenvalue weighted by Gasteiger charge is 2.19. The lowest BCUT2D eigenvalue weighted by Gasteiger charge is -2.16. The van der Waals surface area contributed by atoms with Crippen LogP contribution in [0.15, 0.2) is 84.5 Å². The molecular weight excluding hydrogens is 495 g/mol. The molecule has 7 heteroatoms. The van der Waals surface area contributed by atoms with Gasteiger partial charge in [0.25, 0.3) is 0 Å². The number of nitrogens with zero attached hydrogens (tertiary/aromatic N) is 2. The normalized spacial score (nSPS) is 12.7. The molecule has 0 bridgehead atoms. The number of allylic oxidation sites excluding steroid dienone is 5. The maximum absolute atomic E-state index is 11.1. The summed E-state index contributed by atoms with van der Waals surface area (Å²) in [6, 6.07) is 19.4. The minimum absolute atomic E-state index is 0.288. The van der Waals surface area contributed by atoms with Gasteiger partial charge in [0.15, 0.2) is 5.71 Å². The van der Waals surface area contributed by atoms with Gasteiger partial charge in [0.1, 0.15) is 14.1 Å². The van der Waals surface area contributed by atoms with Gasteiger partial charge in [-0.1, -0.05) is 69.2 Å². The summed E-state index contributed by atoms with van der Waals surface area (Å²) in [6.07, 6.45) is 12.2. The quantitative estimate of drug-likeness (QED) is 0.187. The van der Waals surface area contributed by atoms with Crippen molar-refractivity contribution in [2.75, 3.05) is 46.3 Å². The highest BCUT2D eigenvalue weighted by atomic mass is 31.2. The molecule has 3 rings (SSSR count). The number of hydrogen-bond acceptors (Lipinski definition) is 4. The molecule has 0 aliphatic heterocycles. The second kappa shape index (κ2) is 16.3. The van der Waals surface area contributed by atoms with E-state index in [2.05, 4.69) is 117 Å². The van der Waals surface area contributed by atoms with Gasteiger partial charge in [0, 0.05) is 31.9 Å². The van der Waals surface area contributed by atoms with Crippen molar-refractivity contribution in [3.05, 3.63) is 95.6 Å². The molecule has 1 aliphatic carbocycles. The summed E-state index contributed by atoms with van der Waals surface area (Å²) in [5, 5.41) is 0. The van der Waals surface area contributed by atoms with Crippen molar-refractivity contribution in [3.63, 3.8) is 0 Å². The predicted octanol–water partition coefficient (Wildman–Crippen LogP) is 7.11. The maximum Gasteiger partial charge on any atom is 0.472 e. The first kappa shape index (κ1) is 31.5. The largest absolute Gasteiger partial charge is 0.472 e. The summed E-state index contributed by atoms with van der Waals surface area (Å²) in [4.78, 5) is 11.2. The first-order valence-corrected chi connectivity index (χ1v) is 14.8. The Balaban J connectivity index is 0.000000332. The molecule has 0 saturated carbocycles. The van der Waals surface area contributed by atoms with Crippen LogP contribution in [0.2, 0.25) is 0 Å².